The molecule has 1 aliphatic heterocycles. The van der Waals surface area contributed by atoms with E-state index in [9.17, 15) is 17.6 Å². The van der Waals surface area contributed by atoms with Gasteiger partial charge in [0.1, 0.15) is 5.82 Å². The van der Waals surface area contributed by atoms with Gasteiger partial charge in [0.15, 0.2) is 0 Å². The number of urea groups is 1. The second-order valence-corrected chi connectivity index (χ2v) is 11.2. The maximum Gasteiger partial charge on any atom is 0.333 e. The van der Waals surface area contributed by atoms with Crippen LogP contribution in [0.1, 0.15) is 23.6 Å². The van der Waals surface area contributed by atoms with E-state index >= 15 is 0 Å². The first-order chi connectivity index (χ1) is 18.3. The van der Waals surface area contributed by atoms with Crippen LogP contribution in [0.25, 0.3) is 0 Å². The Bertz CT molecular complexity index is 1580. The Kier molecular flexibility index (Phi) is 7.26. The average Bonchev–Trinajstić information content (AvgIpc) is 3.35. The lowest BCUT2D eigenvalue weighted by molar-refractivity contribution is 0.256. The smallest absolute Gasteiger partial charge is 0.307 e. The summed E-state index contributed by atoms with van der Waals surface area (Å²) >= 11 is 3.45. The number of benzene rings is 4. The number of amides is 2. The van der Waals surface area contributed by atoms with E-state index in [1.165, 1.54) is 24.3 Å². The third-order valence-electron chi connectivity index (χ3n) is 6.01. The molecule has 38 heavy (non-hydrogen) atoms. The number of hydrazone groups is 1. The summed E-state index contributed by atoms with van der Waals surface area (Å²) in [5.74, 6) is -0.328. The Balaban J connectivity index is 1.39. The van der Waals surface area contributed by atoms with Crippen molar-refractivity contribution in [3.05, 3.63) is 125 Å². The zero-order chi connectivity index (χ0) is 26.7. The fourth-order valence-corrected chi connectivity index (χ4v) is 5.32. The topological polar surface area (TPSA) is 90.9 Å². The highest BCUT2D eigenvalue weighted by Gasteiger charge is 2.30. The van der Waals surface area contributed by atoms with E-state index in [1.807, 2.05) is 29.0 Å². The van der Waals surface area contributed by atoms with Gasteiger partial charge in [-0.15, -0.1) is 0 Å². The summed E-state index contributed by atoms with van der Waals surface area (Å²) in [5.41, 5.74) is 3.80. The van der Waals surface area contributed by atoms with Gasteiger partial charge in [-0.2, -0.15) is 5.10 Å². The van der Waals surface area contributed by atoms with Crippen LogP contribution in [0.15, 0.2) is 118 Å². The van der Waals surface area contributed by atoms with Crippen LogP contribution in [0.4, 0.5) is 20.6 Å². The Morgan fingerprint density at radius 1 is 0.895 bits per heavy atom. The monoisotopic (exact) mass is 592 g/mol. The van der Waals surface area contributed by atoms with Gasteiger partial charge in [-0.05, 0) is 71.8 Å². The third kappa shape index (κ3) is 5.76. The van der Waals surface area contributed by atoms with Gasteiger partial charge in [-0.3, -0.25) is 5.01 Å². The van der Waals surface area contributed by atoms with Crippen LogP contribution in [-0.2, 0) is 10.0 Å². The first-order valence-corrected chi connectivity index (χ1v) is 13.9. The predicted molar refractivity (Wildman–Crippen MR) is 149 cm³/mol. The first-order valence-electron chi connectivity index (χ1n) is 11.7. The number of nitrogens with one attached hydrogen (secondary N) is 2. The number of sulfonamides is 1. The predicted octanol–water partition coefficient (Wildman–Crippen LogP) is 6.45. The van der Waals surface area contributed by atoms with E-state index < -0.39 is 16.1 Å². The molecule has 2 N–H and O–H groups in total. The van der Waals surface area contributed by atoms with E-state index in [2.05, 4.69) is 21.2 Å². The zero-order valence-electron chi connectivity index (χ0n) is 19.9. The Morgan fingerprint density at radius 2 is 1.55 bits per heavy atom. The molecule has 4 aromatic rings. The number of nitrogens with zero attached hydrogens (tertiary/aromatic N) is 2. The fraction of sp³-hybridized carbons (Fsp3) is 0.0714. The molecule has 0 aromatic heterocycles. The van der Waals surface area contributed by atoms with Gasteiger partial charge in [0.25, 0.3) is 10.0 Å². The van der Waals surface area contributed by atoms with E-state index in [-0.39, 0.29) is 16.8 Å². The molecule has 0 aliphatic carbocycles. The maximum absolute atomic E-state index is 13.6. The fourth-order valence-electron chi connectivity index (χ4n) is 4.15. The van der Waals surface area contributed by atoms with Gasteiger partial charge in [-0.1, -0.05) is 58.4 Å². The van der Waals surface area contributed by atoms with Crippen molar-refractivity contribution >= 4 is 49.1 Å². The molecule has 0 spiro atoms. The van der Waals surface area contributed by atoms with Crippen molar-refractivity contribution in [3.8, 4) is 0 Å². The standard InChI is InChI=1S/C28H22BrFN4O3S/c29-21-10-6-19(7-11-21)26-18-27(20-8-12-22(30)13-9-20)34(32-26)24-14-16-25(17-15-24)38(36,37)33-28(35)31-23-4-2-1-3-5-23/h1-17,27H,18H2,(H2,31,33,35). The molecule has 0 saturated heterocycles. The van der Waals surface area contributed by atoms with Crippen LogP contribution in [0.3, 0.4) is 0 Å². The third-order valence-corrected chi connectivity index (χ3v) is 7.89. The summed E-state index contributed by atoms with van der Waals surface area (Å²) in [6.07, 6.45) is 0.578. The number of para-hydroxylation sites is 1. The molecular weight excluding hydrogens is 571 g/mol. The van der Waals surface area contributed by atoms with Crippen LogP contribution < -0.4 is 15.0 Å². The number of rotatable bonds is 6. The van der Waals surface area contributed by atoms with Crippen molar-refractivity contribution in [2.75, 3.05) is 10.3 Å². The second-order valence-electron chi connectivity index (χ2n) is 8.59. The Labute approximate surface area is 228 Å². The lowest BCUT2D eigenvalue weighted by atomic mass is 9.98. The first kappa shape index (κ1) is 25.6. The van der Waals surface area contributed by atoms with Crippen LogP contribution in [0.2, 0.25) is 0 Å². The Morgan fingerprint density at radius 3 is 2.21 bits per heavy atom. The molecule has 0 bridgehead atoms. The summed E-state index contributed by atoms with van der Waals surface area (Å²) < 4.78 is 42.2. The summed E-state index contributed by atoms with van der Waals surface area (Å²) in [6.45, 7) is 0. The molecule has 1 aliphatic rings. The van der Waals surface area contributed by atoms with Crippen LogP contribution in [0, 0.1) is 5.82 Å². The molecule has 192 valence electrons. The second kappa shape index (κ2) is 10.8. The molecule has 4 aromatic carbocycles. The van der Waals surface area contributed by atoms with Gasteiger partial charge < -0.3 is 5.32 Å². The number of hydrogen-bond donors (Lipinski definition) is 2. The quantitative estimate of drug-likeness (QED) is 0.269. The van der Waals surface area contributed by atoms with Gasteiger partial charge in [-0.25, -0.2) is 22.3 Å². The van der Waals surface area contributed by atoms with E-state index in [1.54, 1.807) is 59.6 Å². The summed E-state index contributed by atoms with van der Waals surface area (Å²) in [4.78, 5) is 12.2. The Hall–Kier alpha value is -4.02. The number of carbonyl (C=O) groups excluding carboxylic acids is 1. The molecule has 1 unspecified atom stereocenters. The minimum Gasteiger partial charge on any atom is -0.307 e. The summed E-state index contributed by atoms with van der Waals surface area (Å²) in [6, 6.07) is 27.6. The SMILES string of the molecule is O=C(Nc1ccccc1)NS(=O)(=O)c1ccc(N2N=C(c3ccc(Br)cc3)CC2c2ccc(F)cc2)cc1. The minimum absolute atomic E-state index is 0.0703. The number of hydrogen-bond acceptors (Lipinski definition) is 5. The van der Waals surface area contributed by atoms with Gasteiger partial charge in [0, 0.05) is 16.6 Å². The van der Waals surface area contributed by atoms with Crippen molar-refractivity contribution in [1.82, 2.24) is 4.72 Å². The molecule has 2 amide bonds. The van der Waals surface area contributed by atoms with Crippen molar-refractivity contribution in [2.24, 2.45) is 5.10 Å². The number of halogens is 2. The molecule has 0 saturated carbocycles. The number of anilines is 2. The highest BCUT2D eigenvalue weighted by Crippen LogP contribution is 2.37. The van der Waals surface area contributed by atoms with Crippen molar-refractivity contribution in [2.45, 2.75) is 17.4 Å². The lowest BCUT2D eigenvalue weighted by Gasteiger charge is -2.24. The van der Waals surface area contributed by atoms with Crippen molar-refractivity contribution in [3.63, 3.8) is 0 Å². The zero-order valence-corrected chi connectivity index (χ0v) is 22.3. The van der Waals surface area contributed by atoms with Crippen LogP contribution >= 0.6 is 15.9 Å². The van der Waals surface area contributed by atoms with Gasteiger partial charge in [0.2, 0.25) is 0 Å². The molecular formula is C28H22BrFN4O3S. The van der Waals surface area contributed by atoms with E-state index in [0.717, 1.165) is 21.3 Å². The molecule has 0 fully saturated rings. The molecule has 10 heteroatoms. The highest BCUT2D eigenvalue weighted by atomic mass is 79.9. The lowest BCUT2D eigenvalue weighted by Crippen LogP contribution is -2.34. The molecule has 0 radical (unpaired) electrons. The molecule has 5 rings (SSSR count). The molecule has 1 atom stereocenters. The largest absolute Gasteiger partial charge is 0.333 e. The minimum atomic E-state index is -4.11. The summed E-state index contributed by atoms with van der Waals surface area (Å²) in [5, 5.41) is 9.13. The summed E-state index contributed by atoms with van der Waals surface area (Å²) in [7, 11) is -4.11. The average molecular weight is 593 g/mol. The van der Waals surface area contributed by atoms with E-state index in [0.29, 0.717) is 17.8 Å². The normalized spacial score (nSPS) is 15.2. The van der Waals surface area contributed by atoms with Crippen molar-refractivity contribution < 1.29 is 17.6 Å². The van der Waals surface area contributed by atoms with E-state index in [4.69, 9.17) is 5.10 Å². The number of carbonyl (C=O) groups is 1. The van der Waals surface area contributed by atoms with Crippen LogP contribution in [0.5, 0.6) is 0 Å². The highest BCUT2D eigenvalue weighted by molar-refractivity contribution is 9.10. The maximum atomic E-state index is 13.6. The molecule has 1 heterocycles. The molecule has 7 nitrogen and oxygen atoms in total. The van der Waals surface area contributed by atoms with Gasteiger partial charge >= 0.3 is 6.03 Å². The van der Waals surface area contributed by atoms with Gasteiger partial charge in [0.05, 0.1) is 22.3 Å². The van der Waals surface area contributed by atoms with Crippen LogP contribution in [-0.4, -0.2) is 20.2 Å². The van der Waals surface area contributed by atoms with Crippen molar-refractivity contribution in [1.29, 1.82) is 0 Å².